The Morgan fingerprint density at radius 3 is 3.06 bits per heavy atom. The maximum Gasteiger partial charge on any atom is 0.403 e. The number of pyridine rings is 1. The summed E-state index contributed by atoms with van der Waals surface area (Å²) in [7, 11) is 0. The summed E-state index contributed by atoms with van der Waals surface area (Å²) >= 11 is 6.64. The second-order valence-corrected chi connectivity index (χ2v) is 4.04. The molecule has 0 spiro atoms. The number of thioether (sulfide) groups is 1. The second-order valence-electron chi connectivity index (χ2n) is 2.85. The Balaban J connectivity index is 2.56. The molecule has 1 rings (SSSR count). The molecule has 0 bridgehead atoms. The Morgan fingerprint density at radius 2 is 2.50 bits per heavy atom. The van der Waals surface area contributed by atoms with E-state index in [-0.39, 0.29) is 0 Å². The number of amidine groups is 1. The summed E-state index contributed by atoms with van der Waals surface area (Å²) in [5.74, 6) is 0.632. The van der Waals surface area contributed by atoms with E-state index >= 15 is 0 Å². The van der Waals surface area contributed by atoms with Gasteiger partial charge in [-0.25, -0.2) is 0 Å². The molecule has 0 fully saturated rings. The molecule has 1 aromatic heterocycles. The van der Waals surface area contributed by atoms with Gasteiger partial charge in [-0.1, -0.05) is 6.07 Å². The third-order valence-corrected chi connectivity index (χ3v) is 2.65. The van der Waals surface area contributed by atoms with Crippen molar-refractivity contribution in [3.8, 4) is 6.07 Å². The number of hydrogen-bond acceptors (Lipinski definition) is 3. The van der Waals surface area contributed by atoms with E-state index in [0.29, 0.717) is 17.3 Å². The van der Waals surface area contributed by atoms with Crippen LogP contribution < -0.4 is 10.4 Å². The fourth-order valence-electron chi connectivity index (χ4n) is 0.970. The minimum Gasteiger partial charge on any atom is -0.267 e. The molecular formula is C10H10ClN4S+. The van der Waals surface area contributed by atoms with Crippen molar-refractivity contribution in [2.75, 3.05) is 0 Å². The van der Waals surface area contributed by atoms with Crippen molar-refractivity contribution in [3.63, 3.8) is 0 Å². The minimum atomic E-state index is 0.380. The Morgan fingerprint density at radius 1 is 1.69 bits per heavy atom. The van der Waals surface area contributed by atoms with Crippen molar-refractivity contribution >= 4 is 34.2 Å². The van der Waals surface area contributed by atoms with E-state index in [1.165, 1.54) is 11.8 Å². The van der Waals surface area contributed by atoms with Crippen LogP contribution in [0.15, 0.2) is 18.3 Å². The molecule has 0 aromatic carbocycles. The van der Waals surface area contributed by atoms with Gasteiger partial charge in [-0.05, 0) is 35.0 Å². The van der Waals surface area contributed by atoms with E-state index in [1.54, 1.807) is 6.20 Å². The summed E-state index contributed by atoms with van der Waals surface area (Å²) in [4.78, 5) is 4.20. The van der Waals surface area contributed by atoms with Crippen LogP contribution in [0.5, 0.6) is 0 Å². The summed E-state index contributed by atoms with van der Waals surface area (Å²) in [6, 6.07) is 5.82. The second kappa shape index (κ2) is 6.91. The Hall–Kier alpha value is -1.47. The van der Waals surface area contributed by atoms with E-state index in [4.69, 9.17) is 22.6 Å². The lowest BCUT2D eigenvalue weighted by atomic mass is 10.2. The maximum atomic E-state index is 8.49. The highest BCUT2D eigenvalue weighted by atomic mass is 35.5. The zero-order chi connectivity index (χ0) is 11.8. The van der Waals surface area contributed by atoms with Crippen LogP contribution in [-0.4, -0.2) is 15.8 Å². The lowest BCUT2D eigenvalue weighted by molar-refractivity contribution is 1.12. The molecule has 0 aliphatic rings. The summed E-state index contributed by atoms with van der Waals surface area (Å²) < 4.78 is 3.71. The van der Waals surface area contributed by atoms with Crippen LogP contribution in [0.1, 0.15) is 11.3 Å². The molecule has 0 saturated heterocycles. The maximum absolute atomic E-state index is 8.49. The van der Waals surface area contributed by atoms with Crippen LogP contribution in [0.4, 0.5) is 0 Å². The molecule has 16 heavy (non-hydrogen) atoms. The van der Waals surface area contributed by atoms with Gasteiger partial charge >= 0.3 is 5.17 Å². The monoisotopic (exact) mass is 253 g/mol. The van der Waals surface area contributed by atoms with Crippen molar-refractivity contribution in [3.05, 3.63) is 29.6 Å². The summed E-state index contributed by atoms with van der Waals surface area (Å²) in [5, 5.41) is 8.89. The topological polar surface area (TPSA) is 76.8 Å². The highest BCUT2D eigenvalue weighted by molar-refractivity contribution is 8.13. The number of hydrogen-bond donors (Lipinski definition) is 1. The van der Waals surface area contributed by atoms with E-state index in [0.717, 1.165) is 16.9 Å². The number of aromatic nitrogens is 1. The van der Waals surface area contributed by atoms with E-state index in [9.17, 15) is 0 Å². The Kier molecular flexibility index (Phi) is 5.44. The first kappa shape index (κ1) is 12.6. The number of nitriles is 1. The third-order valence-electron chi connectivity index (χ3n) is 1.71. The number of rotatable bonds is 3. The molecule has 1 aromatic rings. The van der Waals surface area contributed by atoms with Gasteiger partial charge in [-0.3, -0.25) is 10.7 Å². The number of halogens is 1. The first-order chi connectivity index (χ1) is 7.76. The normalized spacial score (nSPS) is 9.00. The van der Waals surface area contributed by atoms with E-state index in [2.05, 4.69) is 15.7 Å². The molecule has 0 aliphatic heterocycles. The lowest BCUT2D eigenvalue weighted by Crippen LogP contribution is -2.10. The van der Waals surface area contributed by atoms with Crippen molar-refractivity contribution < 1.29 is 0 Å². The van der Waals surface area contributed by atoms with Crippen molar-refractivity contribution in [1.29, 1.82) is 5.26 Å². The lowest BCUT2D eigenvalue weighted by Gasteiger charge is -1.97. The minimum absolute atomic E-state index is 0.380. The zero-order valence-electron chi connectivity index (χ0n) is 8.43. The highest BCUT2D eigenvalue weighted by Crippen LogP contribution is 2.09. The molecule has 0 amide bonds. The van der Waals surface area contributed by atoms with Crippen molar-refractivity contribution in [2.24, 2.45) is 5.73 Å². The van der Waals surface area contributed by atoms with Crippen LogP contribution in [0.25, 0.3) is 0 Å². The zero-order valence-corrected chi connectivity index (χ0v) is 10.0. The van der Waals surface area contributed by atoms with E-state index < -0.39 is 0 Å². The van der Waals surface area contributed by atoms with Gasteiger partial charge in [0.05, 0.1) is 18.2 Å². The molecule has 82 valence electrons. The van der Waals surface area contributed by atoms with Gasteiger partial charge < -0.3 is 0 Å². The summed E-state index contributed by atoms with van der Waals surface area (Å²) in [6.45, 7) is 0. The molecule has 0 aliphatic carbocycles. The van der Waals surface area contributed by atoms with Crippen LogP contribution in [0.2, 0.25) is 0 Å². The van der Waals surface area contributed by atoms with Gasteiger partial charge in [-0.15, -0.1) is 0 Å². The fraction of sp³-hybridized carbons (Fsp3) is 0.200. The average molecular weight is 254 g/mol. The molecule has 0 saturated carbocycles. The predicted molar refractivity (Wildman–Crippen MR) is 68.1 cm³/mol. The van der Waals surface area contributed by atoms with Gasteiger partial charge in [0, 0.05) is 11.9 Å². The Bertz CT molecular complexity index is 443. The van der Waals surface area contributed by atoms with Crippen LogP contribution in [0, 0.1) is 11.3 Å². The largest absolute Gasteiger partial charge is 0.403 e. The SMILES string of the molecule is N#CCc1ccc(CSC(N)=[N+]=CCl)nc1. The average Bonchev–Trinajstić information content (AvgIpc) is 2.29. The standard InChI is InChI=1S/C10H9ClN4S/c11-7-15-10(13)16-6-9-2-1-8(3-4-12)5-14-9/h1-2,5,7,13H,3,6H2/p+1. The van der Waals surface area contributed by atoms with Gasteiger partial charge in [-0.2, -0.15) is 9.93 Å². The number of nitrogens with two attached hydrogens (primary N) is 1. The van der Waals surface area contributed by atoms with Crippen LogP contribution in [0.3, 0.4) is 0 Å². The molecular weight excluding hydrogens is 244 g/mol. The Labute approximate surface area is 103 Å². The number of nitrogens with zero attached hydrogens (tertiary/aromatic N) is 3. The highest BCUT2D eigenvalue weighted by Gasteiger charge is 2.03. The molecule has 1 heterocycles. The van der Waals surface area contributed by atoms with Gasteiger partial charge in [0.15, 0.2) is 0 Å². The molecule has 0 radical (unpaired) electrons. The summed E-state index contributed by atoms with van der Waals surface area (Å²) in [5.41, 5.74) is 8.46. The third kappa shape index (κ3) is 4.37. The quantitative estimate of drug-likeness (QED) is 0.496. The molecule has 6 heteroatoms. The van der Waals surface area contributed by atoms with Crippen LogP contribution >= 0.6 is 23.4 Å². The molecule has 4 nitrogen and oxygen atoms in total. The van der Waals surface area contributed by atoms with Gasteiger partial charge in [0.25, 0.3) is 5.67 Å². The molecule has 2 N–H and O–H groups in total. The van der Waals surface area contributed by atoms with Crippen molar-refractivity contribution in [2.45, 2.75) is 12.2 Å². The van der Waals surface area contributed by atoms with Crippen LogP contribution in [-0.2, 0) is 12.2 Å². The first-order valence-corrected chi connectivity index (χ1v) is 5.87. The van der Waals surface area contributed by atoms with Gasteiger partial charge in [0.1, 0.15) is 0 Å². The predicted octanol–water partition coefficient (Wildman–Crippen LogP) is 1.03. The first-order valence-electron chi connectivity index (χ1n) is 4.45. The molecule has 0 atom stereocenters. The fourth-order valence-corrected chi connectivity index (χ4v) is 1.73. The smallest absolute Gasteiger partial charge is 0.267 e. The van der Waals surface area contributed by atoms with Crippen molar-refractivity contribution in [1.82, 2.24) is 9.65 Å². The summed E-state index contributed by atoms with van der Waals surface area (Å²) in [6.07, 6.45) is 2.07. The molecule has 0 unspecified atom stereocenters. The van der Waals surface area contributed by atoms with Gasteiger partial charge in [0.2, 0.25) is 0 Å². The van der Waals surface area contributed by atoms with E-state index in [1.807, 2.05) is 12.1 Å².